The van der Waals surface area contributed by atoms with Crippen molar-refractivity contribution in [2.45, 2.75) is 52.4 Å². The van der Waals surface area contributed by atoms with Gasteiger partial charge in [0.2, 0.25) is 0 Å². The predicted octanol–water partition coefficient (Wildman–Crippen LogP) is 3.61. The van der Waals surface area contributed by atoms with Crippen molar-refractivity contribution in [3.05, 3.63) is 0 Å². The molecule has 10 heavy (non-hydrogen) atoms. The second-order valence-electron chi connectivity index (χ2n) is 3.89. The average molecular weight is 140 g/mol. The fourth-order valence-corrected chi connectivity index (χ4v) is 1.97. The molecule has 0 amide bonds. The van der Waals surface area contributed by atoms with Crippen LogP contribution >= 0.6 is 0 Å². The Hall–Kier alpha value is 0. The molecular formula is C10H20. The molecular weight excluding hydrogens is 120 g/mol. The van der Waals surface area contributed by atoms with Crippen LogP contribution in [0.1, 0.15) is 52.4 Å². The van der Waals surface area contributed by atoms with Gasteiger partial charge in [-0.15, -0.1) is 0 Å². The highest BCUT2D eigenvalue weighted by Crippen LogP contribution is 2.28. The Labute approximate surface area is 65.0 Å². The first-order valence-electron chi connectivity index (χ1n) is 4.83. The lowest BCUT2D eigenvalue weighted by atomic mass is 9.97. The van der Waals surface area contributed by atoms with Gasteiger partial charge < -0.3 is 0 Å². The molecule has 1 saturated carbocycles. The van der Waals surface area contributed by atoms with E-state index in [4.69, 9.17) is 0 Å². The highest BCUT2D eigenvalue weighted by Gasteiger charge is 2.13. The molecule has 0 aromatic carbocycles. The standard InChI is InChI=1S/C10H20/c1-3-10-6-4-5-9(2)7-8-10/h9-10H,3-8H2,1-2H3. The predicted molar refractivity (Wildman–Crippen MR) is 46.0 cm³/mol. The van der Waals surface area contributed by atoms with Crippen molar-refractivity contribution in [3.63, 3.8) is 0 Å². The topological polar surface area (TPSA) is 0 Å². The molecule has 0 aliphatic heterocycles. The third-order valence-corrected chi connectivity index (χ3v) is 2.95. The van der Waals surface area contributed by atoms with Crippen LogP contribution in [0.25, 0.3) is 0 Å². The molecule has 0 bridgehead atoms. The molecule has 1 aliphatic carbocycles. The van der Waals surface area contributed by atoms with E-state index in [1.165, 1.54) is 38.5 Å². The maximum atomic E-state index is 2.40. The molecule has 0 aromatic heterocycles. The van der Waals surface area contributed by atoms with E-state index in [-0.39, 0.29) is 0 Å². The quantitative estimate of drug-likeness (QED) is 0.488. The van der Waals surface area contributed by atoms with Gasteiger partial charge in [-0.3, -0.25) is 0 Å². The Balaban J connectivity index is 2.26. The van der Waals surface area contributed by atoms with E-state index in [1.54, 1.807) is 0 Å². The van der Waals surface area contributed by atoms with Crippen LogP contribution in [0, 0.1) is 11.8 Å². The minimum absolute atomic E-state index is 1.01. The number of rotatable bonds is 1. The van der Waals surface area contributed by atoms with Crippen molar-refractivity contribution < 1.29 is 0 Å². The normalized spacial score (nSPS) is 35.4. The summed E-state index contributed by atoms with van der Waals surface area (Å²) in [6, 6.07) is 0. The van der Waals surface area contributed by atoms with Crippen LogP contribution in [0.5, 0.6) is 0 Å². The van der Waals surface area contributed by atoms with Crippen molar-refractivity contribution in [2.75, 3.05) is 0 Å². The summed E-state index contributed by atoms with van der Waals surface area (Å²) in [4.78, 5) is 0. The molecule has 0 N–H and O–H groups in total. The third-order valence-electron chi connectivity index (χ3n) is 2.95. The molecule has 2 atom stereocenters. The van der Waals surface area contributed by atoms with Crippen LogP contribution in [0.4, 0.5) is 0 Å². The van der Waals surface area contributed by atoms with Gasteiger partial charge in [0.15, 0.2) is 0 Å². The summed E-state index contributed by atoms with van der Waals surface area (Å²) in [6.45, 7) is 4.73. The zero-order chi connectivity index (χ0) is 7.40. The van der Waals surface area contributed by atoms with Gasteiger partial charge >= 0.3 is 0 Å². The molecule has 1 aliphatic rings. The Kier molecular flexibility index (Phi) is 3.24. The Morgan fingerprint density at radius 1 is 1.10 bits per heavy atom. The van der Waals surface area contributed by atoms with Crippen LogP contribution in [-0.2, 0) is 0 Å². The van der Waals surface area contributed by atoms with Gasteiger partial charge in [-0.1, -0.05) is 52.4 Å². The maximum Gasteiger partial charge on any atom is -0.0417 e. The monoisotopic (exact) mass is 140 g/mol. The fraction of sp³-hybridized carbons (Fsp3) is 1.00. The molecule has 0 saturated heterocycles. The first-order chi connectivity index (χ1) is 4.83. The van der Waals surface area contributed by atoms with E-state index in [0.29, 0.717) is 0 Å². The molecule has 0 spiro atoms. The smallest absolute Gasteiger partial charge is 0.0417 e. The first kappa shape index (κ1) is 8.10. The Morgan fingerprint density at radius 2 is 1.90 bits per heavy atom. The molecule has 0 heteroatoms. The van der Waals surface area contributed by atoms with Crippen molar-refractivity contribution in [1.29, 1.82) is 0 Å². The average Bonchev–Trinajstić information content (AvgIpc) is 2.14. The SMILES string of the molecule is CCC1CCCC(C)CC1. The highest BCUT2D eigenvalue weighted by atomic mass is 14.2. The highest BCUT2D eigenvalue weighted by molar-refractivity contribution is 4.66. The van der Waals surface area contributed by atoms with E-state index in [9.17, 15) is 0 Å². The van der Waals surface area contributed by atoms with E-state index >= 15 is 0 Å². The lowest BCUT2D eigenvalue weighted by Crippen LogP contribution is -1.95. The van der Waals surface area contributed by atoms with Gasteiger partial charge in [0.05, 0.1) is 0 Å². The van der Waals surface area contributed by atoms with Crippen molar-refractivity contribution >= 4 is 0 Å². The molecule has 1 rings (SSSR count). The lowest BCUT2D eigenvalue weighted by molar-refractivity contribution is 0.434. The minimum Gasteiger partial charge on any atom is -0.0651 e. The van der Waals surface area contributed by atoms with Gasteiger partial charge in [-0.2, -0.15) is 0 Å². The van der Waals surface area contributed by atoms with Gasteiger partial charge in [0.25, 0.3) is 0 Å². The fourth-order valence-electron chi connectivity index (χ4n) is 1.97. The van der Waals surface area contributed by atoms with Crippen molar-refractivity contribution in [1.82, 2.24) is 0 Å². The van der Waals surface area contributed by atoms with E-state index in [1.807, 2.05) is 0 Å². The Morgan fingerprint density at radius 3 is 2.60 bits per heavy atom. The van der Waals surface area contributed by atoms with Gasteiger partial charge in [0.1, 0.15) is 0 Å². The summed E-state index contributed by atoms with van der Waals surface area (Å²) in [5.41, 5.74) is 0. The summed E-state index contributed by atoms with van der Waals surface area (Å²) in [5, 5.41) is 0. The molecule has 0 aromatic rings. The zero-order valence-electron chi connectivity index (χ0n) is 7.40. The number of hydrogen-bond donors (Lipinski definition) is 0. The molecule has 0 heterocycles. The lowest BCUT2D eigenvalue weighted by Gasteiger charge is -2.09. The van der Waals surface area contributed by atoms with Gasteiger partial charge in [-0.25, -0.2) is 0 Å². The third kappa shape index (κ3) is 2.32. The Bertz CT molecular complexity index is 86.0. The van der Waals surface area contributed by atoms with Crippen LogP contribution in [-0.4, -0.2) is 0 Å². The molecule has 60 valence electrons. The molecule has 0 nitrogen and oxygen atoms in total. The minimum atomic E-state index is 1.01. The summed E-state index contributed by atoms with van der Waals surface area (Å²) < 4.78 is 0. The largest absolute Gasteiger partial charge is 0.0651 e. The molecule has 0 radical (unpaired) electrons. The summed E-state index contributed by atoms with van der Waals surface area (Å²) >= 11 is 0. The maximum absolute atomic E-state index is 2.40. The first-order valence-corrected chi connectivity index (χ1v) is 4.83. The number of hydrogen-bond acceptors (Lipinski definition) is 0. The second kappa shape index (κ2) is 4.00. The second-order valence-corrected chi connectivity index (χ2v) is 3.89. The van der Waals surface area contributed by atoms with E-state index in [0.717, 1.165) is 11.8 Å². The summed E-state index contributed by atoms with van der Waals surface area (Å²) in [5.74, 6) is 2.07. The van der Waals surface area contributed by atoms with Crippen molar-refractivity contribution in [3.8, 4) is 0 Å². The van der Waals surface area contributed by atoms with Crippen LogP contribution in [0.3, 0.4) is 0 Å². The van der Waals surface area contributed by atoms with Crippen LogP contribution in [0.15, 0.2) is 0 Å². The molecule has 1 fully saturated rings. The van der Waals surface area contributed by atoms with Gasteiger partial charge in [0, 0.05) is 0 Å². The van der Waals surface area contributed by atoms with Crippen molar-refractivity contribution in [2.24, 2.45) is 11.8 Å². The van der Waals surface area contributed by atoms with E-state index in [2.05, 4.69) is 13.8 Å². The van der Waals surface area contributed by atoms with Crippen LogP contribution in [0.2, 0.25) is 0 Å². The van der Waals surface area contributed by atoms with Gasteiger partial charge in [-0.05, 0) is 11.8 Å². The zero-order valence-corrected chi connectivity index (χ0v) is 7.40. The van der Waals surface area contributed by atoms with Crippen LogP contribution < -0.4 is 0 Å². The molecule has 2 unspecified atom stereocenters. The van der Waals surface area contributed by atoms with E-state index < -0.39 is 0 Å². The summed E-state index contributed by atoms with van der Waals surface area (Å²) in [6.07, 6.45) is 8.86. The summed E-state index contributed by atoms with van der Waals surface area (Å²) in [7, 11) is 0.